The first kappa shape index (κ1) is 10.3. The van der Waals surface area contributed by atoms with Crippen LogP contribution in [0.5, 0.6) is 0 Å². The van der Waals surface area contributed by atoms with Crippen LogP contribution in [0.15, 0.2) is 12.3 Å². The summed E-state index contributed by atoms with van der Waals surface area (Å²) in [5, 5.41) is 4.31. The highest BCUT2D eigenvalue weighted by Gasteiger charge is 2.04. The average Bonchev–Trinajstić information content (AvgIpc) is 2.53. The molecule has 1 rings (SSSR count). The highest BCUT2D eigenvalue weighted by atomic mass is 15.3. The van der Waals surface area contributed by atoms with Crippen LogP contribution in [0.4, 0.5) is 0 Å². The maximum atomic E-state index is 4.31. The molecule has 1 aromatic heterocycles. The molecule has 0 atom stereocenters. The fraction of sp³-hybridized carbons (Fsp3) is 0.727. The van der Waals surface area contributed by atoms with E-state index in [2.05, 4.69) is 36.6 Å². The lowest BCUT2D eigenvalue weighted by molar-refractivity contribution is 0.502. The molecule has 0 saturated heterocycles. The SMILES string of the molecule is CCCCCc1ccnn1C(C)C. The zero-order valence-corrected chi connectivity index (χ0v) is 8.95. The van der Waals surface area contributed by atoms with E-state index >= 15 is 0 Å². The van der Waals surface area contributed by atoms with Crippen molar-refractivity contribution in [1.82, 2.24) is 9.78 Å². The van der Waals surface area contributed by atoms with Gasteiger partial charge in [-0.2, -0.15) is 5.10 Å². The van der Waals surface area contributed by atoms with E-state index in [1.165, 1.54) is 31.4 Å². The number of hydrogen-bond donors (Lipinski definition) is 0. The smallest absolute Gasteiger partial charge is 0.0492 e. The molecule has 0 amide bonds. The molecule has 0 unspecified atom stereocenters. The second-order valence-corrected chi connectivity index (χ2v) is 3.82. The third-order valence-electron chi connectivity index (χ3n) is 2.28. The van der Waals surface area contributed by atoms with Gasteiger partial charge in [-0.3, -0.25) is 4.68 Å². The molecule has 0 N–H and O–H groups in total. The maximum Gasteiger partial charge on any atom is 0.0492 e. The van der Waals surface area contributed by atoms with Crippen LogP contribution in [-0.2, 0) is 6.42 Å². The monoisotopic (exact) mass is 180 g/mol. The molecule has 0 aliphatic rings. The Labute approximate surface area is 81.0 Å². The number of nitrogens with zero attached hydrogens (tertiary/aromatic N) is 2. The highest BCUT2D eigenvalue weighted by molar-refractivity contribution is 5.01. The van der Waals surface area contributed by atoms with Gasteiger partial charge >= 0.3 is 0 Å². The number of unbranched alkanes of at least 4 members (excludes halogenated alkanes) is 2. The summed E-state index contributed by atoms with van der Waals surface area (Å²) in [6, 6.07) is 2.63. The molecule has 74 valence electrons. The van der Waals surface area contributed by atoms with Crippen molar-refractivity contribution in [3.8, 4) is 0 Å². The first-order chi connectivity index (χ1) is 6.25. The van der Waals surface area contributed by atoms with Crippen LogP contribution in [-0.4, -0.2) is 9.78 Å². The highest BCUT2D eigenvalue weighted by Crippen LogP contribution is 2.11. The van der Waals surface area contributed by atoms with Crippen LogP contribution in [0.2, 0.25) is 0 Å². The van der Waals surface area contributed by atoms with E-state index in [0.717, 1.165) is 0 Å². The van der Waals surface area contributed by atoms with Crippen molar-refractivity contribution in [3.05, 3.63) is 18.0 Å². The molecule has 0 aliphatic heterocycles. The minimum atomic E-state index is 0.492. The molecule has 1 aromatic rings. The molecule has 0 fully saturated rings. The van der Waals surface area contributed by atoms with Crippen LogP contribution >= 0.6 is 0 Å². The summed E-state index contributed by atoms with van der Waals surface area (Å²) in [4.78, 5) is 0. The molecule has 0 radical (unpaired) electrons. The predicted molar refractivity (Wildman–Crippen MR) is 55.8 cm³/mol. The standard InChI is InChI=1S/C11H20N2/c1-4-5-6-7-11-8-9-12-13(11)10(2)3/h8-10H,4-7H2,1-3H3. The largest absolute Gasteiger partial charge is 0.267 e. The normalized spacial score (nSPS) is 11.1. The summed E-state index contributed by atoms with van der Waals surface area (Å²) in [6.07, 6.45) is 6.97. The summed E-state index contributed by atoms with van der Waals surface area (Å²) in [5.41, 5.74) is 1.38. The van der Waals surface area contributed by atoms with Crippen molar-refractivity contribution >= 4 is 0 Å². The van der Waals surface area contributed by atoms with Crippen LogP contribution in [0.25, 0.3) is 0 Å². The molecule has 0 aliphatic carbocycles. The van der Waals surface area contributed by atoms with Crippen molar-refractivity contribution in [2.45, 2.75) is 52.5 Å². The van der Waals surface area contributed by atoms with Gasteiger partial charge in [-0.25, -0.2) is 0 Å². The molecule has 0 saturated carbocycles. The number of aryl methyl sites for hydroxylation is 1. The van der Waals surface area contributed by atoms with Gasteiger partial charge in [-0.05, 0) is 32.8 Å². The predicted octanol–water partition coefficient (Wildman–Crippen LogP) is 3.20. The van der Waals surface area contributed by atoms with Crippen LogP contribution in [0.1, 0.15) is 51.8 Å². The fourth-order valence-electron chi connectivity index (χ4n) is 1.56. The molecule has 2 nitrogen and oxygen atoms in total. The average molecular weight is 180 g/mol. The van der Waals surface area contributed by atoms with Gasteiger partial charge in [0.25, 0.3) is 0 Å². The zero-order chi connectivity index (χ0) is 9.68. The van der Waals surface area contributed by atoms with Crippen LogP contribution in [0, 0.1) is 0 Å². The van der Waals surface area contributed by atoms with Crippen molar-refractivity contribution in [1.29, 1.82) is 0 Å². The van der Waals surface area contributed by atoms with Gasteiger partial charge in [0.2, 0.25) is 0 Å². The topological polar surface area (TPSA) is 17.8 Å². The fourth-order valence-corrected chi connectivity index (χ4v) is 1.56. The Morgan fingerprint density at radius 2 is 2.15 bits per heavy atom. The number of hydrogen-bond acceptors (Lipinski definition) is 1. The third-order valence-corrected chi connectivity index (χ3v) is 2.28. The van der Waals surface area contributed by atoms with E-state index in [9.17, 15) is 0 Å². The van der Waals surface area contributed by atoms with E-state index < -0.39 is 0 Å². The number of aromatic nitrogens is 2. The Bertz CT molecular complexity index is 238. The van der Waals surface area contributed by atoms with Crippen molar-refractivity contribution in [2.24, 2.45) is 0 Å². The van der Waals surface area contributed by atoms with E-state index in [-0.39, 0.29) is 0 Å². The van der Waals surface area contributed by atoms with Crippen molar-refractivity contribution in [3.63, 3.8) is 0 Å². The quantitative estimate of drug-likeness (QED) is 0.636. The summed E-state index contributed by atoms with van der Waals surface area (Å²) >= 11 is 0. The van der Waals surface area contributed by atoms with Gasteiger partial charge in [-0.1, -0.05) is 19.8 Å². The van der Waals surface area contributed by atoms with Crippen molar-refractivity contribution in [2.75, 3.05) is 0 Å². The molecule has 0 spiro atoms. The van der Waals surface area contributed by atoms with E-state index in [1.807, 2.05) is 6.20 Å². The van der Waals surface area contributed by atoms with Gasteiger partial charge in [-0.15, -0.1) is 0 Å². The van der Waals surface area contributed by atoms with Crippen molar-refractivity contribution < 1.29 is 0 Å². The second kappa shape index (κ2) is 5.05. The van der Waals surface area contributed by atoms with E-state index in [0.29, 0.717) is 6.04 Å². The molecule has 0 aromatic carbocycles. The van der Waals surface area contributed by atoms with Gasteiger partial charge in [0.05, 0.1) is 0 Å². The van der Waals surface area contributed by atoms with Crippen LogP contribution < -0.4 is 0 Å². The lowest BCUT2D eigenvalue weighted by atomic mass is 10.1. The Balaban J connectivity index is 2.50. The second-order valence-electron chi connectivity index (χ2n) is 3.82. The third kappa shape index (κ3) is 2.87. The lowest BCUT2D eigenvalue weighted by Gasteiger charge is -2.10. The van der Waals surface area contributed by atoms with Gasteiger partial charge in [0, 0.05) is 17.9 Å². The molecular formula is C11H20N2. The molecule has 0 bridgehead atoms. The minimum absolute atomic E-state index is 0.492. The molecule has 1 heterocycles. The minimum Gasteiger partial charge on any atom is -0.267 e. The Morgan fingerprint density at radius 1 is 1.38 bits per heavy atom. The zero-order valence-electron chi connectivity index (χ0n) is 8.95. The maximum absolute atomic E-state index is 4.31. The molecule has 13 heavy (non-hydrogen) atoms. The molecule has 2 heteroatoms. The van der Waals surface area contributed by atoms with E-state index in [1.54, 1.807) is 0 Å². The first-order valence-corrected chi connectivity index (χ1v) is 5.28. The van der Waals surface area contributed by atoms with Gasteiger partial charge < -0.3 is 0 Å². The summed E-state index contributed by atoms with van der Waals surface area (Å²) < 4.78 is 2.12. The lowest BCUT2D eigenvalue weighted by Crippen LogP contribution is -2.07. The summed E-state index contributed by atoms with van der Waals surface area (Å²) in [6.45, 7) is 6.59. The number of rotatable bonds is 5. The Morgan fingerprint density at radius 3 is 2.77 bits per heavy atom. The summed E-state index contributed by atoms with van der Waals surface area (Å²) in [7, 11) is 0. The van der Waals surface area contributed by atoms with E-state index in [4.69, 9.17) is 0 Å². The Kier molecular flexibility index (Phi) is 4.00. The summed E-state index contributed by atoms with van der Waals surface area (Å²) in [5.74, 6) is 0. The molecular weight excluding hydrogens is 160 g/mol. The van der Waals surface area contributed by atoms with Gasteiger partial charge in [0.1, 0.15) is 0 Å². The first-order valence-electron chi connectivity index (χ1n) is 5.28. The van der Waals surface area contributed by atoms with Gasteiger partial charge in [0.15, 0.2) is 0 Å². The Hall–Kier alpha value is -0.790. The van der Waals surface area contributed by atoms with Crippen LogP contribution in [0.3, 0.4) is 0 Å².